The normalized spacial score (nSPS) is 17.1. The molecule has 1 fully saturated rings. The zero-order valence-corrected chi connectivity index (χ0v) is 11.2. The summed E-state index contributed by atoms with van der Waals surface area (Å²) in [5.41, 5.74) is -0.230. The first-order valence-corrected chi connectivity index (χ1v) is 6.46. The number of nitro benzene ring substituents is 1. The minimum absolute atomic E-state index is 0.0146. The van der Waals surface area contributed by atoms with Crippen LogP contribution in [0.1, 0.15) is 12.5 Å². The van der Waals surface area contributed by atoms with Crippen LogP contribution < -0.4 is 5.11 Å². The molecule has 0 unspecified atom stereocenters. The van der Waals surface area contributed by atoms with Crippen molar-refractivity contribution >= 4 is 34.7 Å². The Hall–Kier alpha value is -2.35. The summed E-state index contributed by atoms with van der Waals surface area (Å²) >= 11 is 0.714. The average molecular weight is 293 g/mol. The number of carbonyl (C=O) groups is 2. The van der Waals surface area contributed by atoms with Gasteiger partial charge in [-0.25, -0.2) is 0 Å². The van der Waals surface area contributed by atoms with E-state index in [0.717, 1.165) is 23.1 Å². The van der Waals surface area contributed by atoms with Crippen LogP contribution in [0.25, 0.3) is 6.08 Å². The van der Waals surface area contributed by atoms with Crippen LogP contribution >= 0.6 is 11.8 Å². The molecule has 0 aliphatic carbocycles. The van der Waals surface area contributed by atoms with Crippen LogP contribution in [0.4, 0.5) is 10.5 Å². The molecule has 2 rings (SSSR count). The van der Waals surface area contributed by atoms with E-state index < -0.39 is 21.8 Å². The topological polar surface area (TPSA) is 104 Å². The van der Waals surface area contributed by atoms with Gasteiger partial charge in [-0.2, -0.15) is 0 Å². The van der Waals surface area contributed by atoms with Crippen molar-refractivity contribution in [2.24, 2.45) is 0 Å². The fourth-order valence-corrected chi connectivity index (χ4v) is 2.57. The summed E-state index contributed by atoms with van der Waals surface area (Å²) in [5.74, 6) is -0.938. The monoisotopic (exact) mass is 293 g/mol. The Labute approximate surface area is 118 Å². The van der Waals surface area contributed by atoms with Crippen molar-refractivity contribution in [1.29, 1.82) is 0 Å². The molecule has 20 heavy (non-hydrogen) atoms. The summed E-state index contributed by atoms with van der Waals surface area (Å²) in [5, 5.41) is 21.9. The first kappa shape index (κ1) is 14.1. The molecule has 1 saturated heterocycles. The van der Waals surface area contributed by atoms with E-state index in [-0.39, 0.29) is 22.7 Å². The quantitative estimate of drug-likeness (QED) is 0.477. The van der Waals surface area contributed by atoms with Crippen LogP contribution in [0.5, 0.6) is 5.75 Å². The lowest BCUT2D eigenvalue weighted by atomic mass is 10.1. The molecule has 1 aliphatic heterocycles. The molecular formula is C12H9N2O5S-. The van der Waals surface area contributed by atoms with Gasteiger partial charge in [0.25, 0.3) is 16.8 Å². The molecular weight excluding hydrogens is 284 g/mol. The van der Waals surface area contributed by atoms with Crippen LogP contribution in [0.3, 0.4) is 0 Å². The van der Waals surface area contributed by atoms with Crippen molar-refractivity contribution in [3.63, 3.8) is 0 Å². The van der Waals surface area contributed by atoms with Crippen molar-refractivity contribution in [3.05, 3.63) is 38.8 Å². The second-order valence-corrected chi connectivity index (χ2v) is 4.90. The molecule has 1 aromatic rings. The van der Waals surface area contributed by atoms with Gasteiger partial charge in [-0.05, 0) is 30.3 Å². The van der Waals surface area contributed by atoms with E-state index in [1.165, 1.54) is 6.08 Å². The average Bonchev–Trinajstić information content (AvgIpc) is 2.66. The van der Waals surface area contributed by atoms with E-state index >= 15 is 0 Å². The number of benzene rings is 1. The van der Waals surface area contributed by atoms with Crippen LogP contribution in [-0.4, -0.2) is 27.5 Å². The molecule has 0 aromatic heterocycles. The lowest BCUT2D eigenvalue weighted by Gasteiger charge is -2.10. The van der Waals surface area contributed by atoms with Gasteiger partial charge in [0, 0.05) is 18.7 Å². The second-order valence-electron chi connectivity index (χ2n) is 3.91. The van der Waals surface area contributed by atoms with Crippen molar-refractivity contribution in [2.45, 2.75) is 6.92 Å². The lowest BCUT2D eigenvalue weighted by Crippen LogP contribution is -2.27. The number of nitro groups is 1. The summed E-state index contributed by atoms with van der Waals surface area (Å²) in [6, 6.07) is 3.24. The zero-order valence-electron chi connectivity index (χ0n) is 10.4. The third-order valence-electron chi connectivity index (χ3n) is 2.68. The number of imide groups is 1. The molecule has 0 spiro atoms. The van der Waals surface area contributed by atoms with Gasteiger partial charge < -0.3 is 5.11 Å². The number of likely N-dealkylation sites (N-methyl/N-ethyl adjacent to an activating group) is 1. The number of rotatable bonds is 3. The van der Waals surface area contributed by atoms with E-state index in [2.05, 4.69) is 0 Å². The second kappa shape index (κ2) is 5.33. The van der Waals surface area contributed by atoms with Gasteiger partial charge in [-0.1, -0.05) is 6.07 Å². The molecule has 0 atom stereocenters. The highest BCUT2D eigenvalue weighted by Gasteiger charge is 2.33. The SMILES string of the molecule is CCN1C(=O)S/C(=C\c2cc([N+](=O)[O-])ccc2[O-])C1=O. The Kier molecular flexibility index (Phi) is 3.75. The zero-order chi connectivity index (χ0) is 14.9. The number of nitrogens with zero attached hydrogens (tertiary/aromatic N) is 2. The van der Waals surface area contributed by atoms with Gasteiger partial charge in [0.05, 0.1) is 9.83 Å². The number of thioether (sulfide) groups is 1. The van der Waals surface area contributed by atoms with Gasteiger partial charge in [-0.3, -0.25) is 24.6 Å². The maximum atomic E-state index is 11.9. The van der Waals surface area contributed by atoms with Gasteiger partial charge >= 0.3 is 0 Å². The Morgan fingerprint density at radius 1 is 1.40 bits per heavy atom. The van der Waals surface area contributed by atoms with Gasteiger partial charge in [-0.15, -0.1) is 5.75 Å². The molecule has 7 nitrogen and oxygen atoms in total. The molecule has 0 radical (unpaired) electrons. The highest BCUT2D eigenvalue weighted by molar-refractivity contribution is 8.18. The van der Waals surface area contributed by atoms with Gasteiger partial charge in [0.2, 0.25) is 0 Å². The first-order valence-electron chi connectivity index (χ1n) is 5.65. The number of amides is 2. The first-order chi connectivity index (χ1) is 9.43. The van der Waals surface area contributed by atoms with Crippen molar-refractivity contribution in [2.75, 3.05) is 6.54 Å². The van der Waals surface area contributed by atoms with Crippen LogP contribution in [0, 0.1) is 10.1 Å². The fourth-order valence-electron chi connectivity index (χ4n) is 1.68. The molecule has 104 valence electrons. The highest BCUT2D eigenvalue weighted by atomic mass is 32.2. The number of hydrogen-bond acceptors (Lipinski definition) is 6. The minimum atomic E-state index is -0.630. The lowest BCUT2D eigenvalue weighted by molar-refractivity contribution is -0.385. The van der Waals surface area contributed by atoms with Gasteiger partial charge in [0.1, 0.15) is 0 Å². The Morgan fingerprint density at radius 3 is 2.65 bits per heavy atom. The Balaban J connectivity index is 2.41. The number of carbonyl (C=O) groups excluding carboxylic acids is 2. The van der Waals surface area contributed by atoms with E-state index in [4.69, 9.17) is 0 Å². The molecule has 0 saturated carbocycles. The molecule has 1 heterocycles. The third-order valence-corrected chi connectivity index (χ3v) is 3.59. The molecule has 1 aromatic carbocycles. The largest absolute Gasteiger partial charge is 0.872 e. The molecule has 1 aliphatic rings. The summed E-state index contributed by atoms with van der Waals surface area (Å²) in [6.45, 7) is 1.90. The van der Waals surface area contributed by atoms with Crippen LogP contribution in [0.15, 0.2) is 23.1 Å². The van der Waals surface area contributed by atoms with Crippen LogP contribution in [0.2, 0.25) is 0 Å². The summed E-state index contributed by atoms with van der Waals surface area (Å²) in [4.78, 5) is 34.5. The maximum Gasteiger partial charge on any atom is 0.293 e. The minimum Gasteiger partial charge on any atom is -0.872 e. The number of non-ortho nitro benzene ring substituents is 1. The van der Waals surface area contributed by atoms with Crippen molar-refractivity contribution < 1.29 is 19.6 Å². The third kappa shape index (κ3) is 2.50. The predicted octanol–water partition coefficient (Wildman–Crippen LogP) is 1.72. The van der Waals surface area contributed by atoms with E-state index in [0.29, 0.717) is 11.8 Å². The van der Waals surface area contributed by atoms with E-state index in [1.54, 1.807) is 6.92 Å². The number of hydrogen-bond donors (Lipinski definition) is 0. The fraction of sp³-hybridized carbons (Fsp3) is 0.167. The highest BCUT2D eigenvalue weighted by Crippen LogP contribution is 2.33. The van der Waals surface area contributed by atoms with Gasteiger partial charge in [0.15, 0.2) is 0 Å². The Morgan fingerprint density at radius 2 is 2.10 bits per heavy atom. The molecule has 8 heteroatoms. The summed E-state index contributed by atoms with van der Waals surface area (Å²) in [7, 11) is 0. The maximum absolute atomic E-state index is 11.9. The summed E-state index contributed by atoms with van der Waals surface area (Å²) < 4.78 is 0. The van der Waals surface area contributed by atoms with Crippen molar-refractivity contribution in [3.8, 4) is 5.75 Å². The smallest absolute Gasteiger partial charge is 0.293 e. The van der Waals surface area contributed by atoms with Crippen LogP contribution in [-0.2, 0) is 4.79 Å². The molecule has 0 bridgehead atoms. The Bertz CT molecular complexity index is 641. The standard InChI is InChI=1S/C12H10N2O5S/c1-2-13-11(16)10(20-12(13)17)6-7-5-8(14(18)19)3-4-9(7)15/h3-6,15H,2H2,1H3/p-1/b10-6-. The molecule has 2 amide bonds. The van der Waals surface area contributed by atoms with Crippen molar-refractivity contribution in [1.82, 2.24) is 4.90 Å². The predicted molar refractivity (Wildman–Crippen MR) is 70.9 cm³/mol. The molecule has 0 N–H and O–H groups in total. The van der Waals surface area contributed by atoms with E-state index in [9.17, 15) is 24.8 Å². The van der Waals surface area contributed by atoms with E-state index in [1.807, 2.05) is 0 Å². The summed E-state index contributed by atoms with van der Waals surface area (Å²) in [6.07, 6.45) is 1.22.